The van der Waals surface area contributed by atoms with Gasteiger partial charge in [-0.2, -0.15) is 0 Å². The second kappa shape index (κ2) is 5.23. The zero-order chi connectivity index (χ0) is 16.0. The van der Waals surface area contributed by atoms with Crippen LogP contribution in [0.3, 0.4) is 0 Å². The number of fused-ring (bicyclic) bond motifs is 4. The normalized spacial score (nSPS) is 18.3. The summed E-state index contributed by atoms with van der Waals surface area (Å²) in [5.41, 5.74) is 4.48. The van der Waals surface area contributed by atoms with Crippen LogP contribution in [0.15, 0.2) is 41.4 Å². The van der Waals surface area contributed by atoms with E-state index in [1.165, 1.54) is 5.56 Å². The predicted molar refractivity (Wildman–Crippen MR) is 91.2 cm³/mol. The third kappa shape index (κ3) is 2.13. The smallest absolute Gasteiger partial charge is 0.261 e. The number of aryl methyl sites for hydroxylation is 1. The molecule has 2 aliphatic heterocycles. The molecule has 1 amide bonds. The molecule has 4 heteroatoms. The van der Waals surface area contributed by atoms with Crippen LogP contribution in [0.25, 0.3) is 0 Å². The van der Waals surface area contributed by atoms with Gasteiger partial charge in [-0.25, -0.2) is 0 Å². The minimum Gasteiger partial charge on any atom is -0.494 e. The van der Waals surface area contributed by atoms with Crippen molar-refractivity contribution in [2.75, 3.05) is 11.5 Å². The third-order valence-electron chi connectivity index (χ3n) is 4.44. The van der Waals surface area contributed by atoms with E-state index in [1.54, 1.807) is 0 Å². The summed E-state index contributed by atoms with van der Waals surface area (Å²) >= 11 is 0. The van der Waals surface area contributed by atoms with E-state index < -0.39 is 0 Å². The number of nitrogens with zero attached hydrogens (tertiary/aromatic N) is 2. The van der Waals surface area contributed by atoms with Gasteiger partial charge in [0.15, 0.2) is 0 Å². The Bertz CT molecular complexity index is 826. The van der Waals surface area contributed by atoms with Crippen LogP contribution in [0.5, 0.6) is 5.75 Å². The molecule has 23 heavy (non-hydrogen) atoms. The number of anilines is 1. The summed E-state index contributed by atoms with van der Waals surface area (Å²) in [4.78, 5) is 19.6. The molecule has 0 aromatic heterocycles. The number of amides is 1. The third-order valence-corrected chi connectivity index (χ3v) is 4.44. The van der Waals surface area contributed by atoms with Crippen LogP contribution in [-0.4, -0.2) is 24.8 Å². The summed E-state index contributed by atoms with van der Waals surface area (Å²) in [6, 6.07) is 11.8. The highest BCUT2D eigenvalue weighted by Crippen LogP contribution is 2.38. The molecule has 2 aromatic rings. The molecule has 0 spiro atoms. The molecule has 2 heterocycles. The van der Waals surface area contributed by atoms with Crippen molar-refractivity contribution in [1.82, 2.24) is 0 Å². The zero-order valence-corrected chi connectivity index (χ0v) is 13.2. The van der Waals surface area contributed by atoms with E-state index in [1.807, 2.05) is 55.3 Å². The number of benzene rings is 2. The molecule has 0 radical (unpaired) electrons. The van der Waals surface area contributed by atoms with Crippen molar-refractivity contribution >= 4 is 23.5 Å². The van der Waals surface area contributed by atoms with E-state index in [9.17, 15) is 4.79 Å². The molecule has 2 aromatic carbocycles. The molecule has 116 valence electrons. The Balaban J connectivity index is 1.83. The van der Waals surface area contributed by atoms with Crippen LogP contribution in [-0.2, 0) is 6.42 Å². The summed E-state index contributed by atoms with van der Waals surface area (Å²) in [6.45, 7) is 4.51. The minimum atomic E-state index is -0.0110. The zero-order valence-electron chi connectivity index (χ0n) is 13.2. The molecule has 0 bridgehead atoms. The van der Waals surface area contributed by atoms with Gasteiger partial charge in [-0.15, -0.1) is 0 Å². The Kier molecular flexibility index (Phi) is 3.18. The Morgan fingerprint density at radius 3 is 2.96 bits per heavy atom. The van der Waals surface area contributed by atoms with Gasteiger partial charge < -0.3 is 4.74 Å². The van der Waals surface area contributed by atoms with Gasteiger partial charge in [-0.3, -0.25) is 14.7 Å². The maximum atomic E-state index is 13.1. The van der Waals surface area contributed by atoms with Gasteiger partial charge in [0.2, 0.25) is 0 Å². The predicted octanol–water partition coefficient (Wildman–Crippen LogP) is 3.68. The lowest BCUT2D eigenvalue weighted by Gasteiger charge is -2.21. The topological polar surface area (TPSA) is 41.9 Å². The highest BCUT2D eigenvalue weighted by molar-refractivity contribution is 6.14. The van der Waals surface area contributed by atoms with Crippen molar-refractivity contribution in [3.63, 3.8) is 0 Å². The molecule has 2 aliphatic rings. The largest absolute Gasteiger partial charge is 0.494 e. The van der Waals surface area contributed by atoms with Crippen LogP contribution in [0.1, 0.15) is 28.4 Å². The molecule has 4 rings (SSSR count). The number of carbonyl (C=O) groups is 1. The average molecular weight is 306 g/mol. The molecule has 0 fully saturated rings. The number of carbonyl (C=O) groups excluding carboxylic acids is 1. The number of aliphatic imine (C=N–C) groups is 1. The van der Waals surface area contributed by atoms with Crippen LogP contribution >= 0.6 is 0 Å². The van der Waals surface area contributed by atoms with E-state index in [4.69, 9.17) is 4.74 Å². The fourth-order valence-corrected chi connectivity index (χ4v) is 3.36. The Morgan fingerprint density at radius 2 is 2.13 bits per heavy atom. The average Bonchev–Trinajstić information content (AvgIpc) is 2.87. The minimum absolute atomic E-state index is 0.0110. The van der Waals surface area contributed by atoms with Crippen molar-refractivity contribution < 1.29 is 9.53 Å². The first-order valence-electron chi connectivity index (χ1n) is 7.92. The lowest BCUT2D eigenvalue weighted by Crippen LogP contribution is -2.37. The molecule has 4 nitrogen and oxygen atoms in total. The maximum Gasteiger partial charge on any atom is 0.261 e. The molecule has 0 saturated heterocycles. The Morgan fingerprint density at radius 1 is 1.30 bits per heavy atom. The van der Waals surface area contributed by atoms with E-state index in [2.05, 4.69) is 11.1 Å². The van der Waals surface area contributed by atoms with Crippen LogP contribution in [0.4, 0.5) is 11.4 Å². The van der Waals surface area contributed by atoms with E-state index >= 15 is 0 Å². The fraction of sp³-hybridized carbons (Fsp3) is 0.263. The first-order valence-corrected chi connectivity index (χ1v) is 7.92. The van der Waals surface area contributed by atoms with Gasteiger partial charge in [0.25, 0.3) is 5.91 Å². The highest BCUT2D eigenvalue weighted by Gasteiger charge is 2.36. The first kappa shape index (κ1) is 14.0. The van der Waals surface area contributed by atoms with Crippen molar-refractivity contribution in [2.24, 2.45) is 4.99 Å². The van der Waals surface area contributed by atoms with Gasteiger partial charge in [0.05, 0.1) is 23.9 Å². The second-order valence-electron chi connectivity index (χ2n) is 5.92. The highest BCUT2D eigenvalue weighted by atomic mass is 16.5. The van der Waals surface area contributed by atoms with Gasteiger partial charge >= 0.3 is 0 Å². The molecule has 1 atom stereocenters. The molecular formula is C19H18N2O2. The maximum absolute atomic E-state index is 13.1. The molecule has 0 N–H and O–H groups in total. The van der Waals surface area contributed by atoms with Crippen molar-refractivity contribution in [3.05, 3.63) is 53.1 Å². The van der Waals surface area contributed by atoms with Gasteiger partial charge in [0, 0.05) is 24.4 Å². The number of hydrogen-bond acceptors (Lipinski definition) is 3. The van der Waals surface area contributed by atoms with E-state index in [0.717, 1.165) is 23.4 Å². The second-order valence-corrected chi connectivity index (χ2v) is 5.92. The molecule has 0 unspecified atom stereocenters. The van der Waals surface area contributed by atoms with Crippen LogP contribution in [0.2, 0.25) is 0 Å². The fourth-order valence-electron chi connectivity index (χ4n) is 3.36. The van der Waals surface area contributed by atoms with Crippen molar-refractivity contribution in [3.8, 4) is 5.75 Å². The lowest BCUT2D eigenvalue weighted by molar-refractivity contribution is 0.0987. The SMILES string of the molecule is CCOc1cc2c(cc1C)C(=O)N1c3ccccc3C[C@H]1C=N2. The van der Waals surface area contributed by atoms with Gasteiger partial charge in [-0.05, 0) is 37.1 Å². The van der Waals surface area contributed by atoms with E-state index in [-0.39, 0.29) is 11.9 Å². The van der Waals surface area contributed by atoms with Crippen molar-refractivity contribution in [1.29, 1.82) is 0 Å². The molecular weight excluding hydrogens is 288 g/mol. The number of ether oxygens (including phenoxy) is 1. The summed E-state index contributed by atoms with van der Waals surface area (Å²) < 4.78 is 5.63. The standard InChI is InChI=1S/C19H18N2O2/c1-3-23-18-10-16-15(8-12(18)2)19(22)21-14(11-20-16)9-13-6-4-5-7-17(13)21/h4-8,10-11,14H,3,9H2,1-2H3/t14-/m0/s1. The summed E-state index contributed by atoms with van der Waals surface area (Å²) in [7, 11) is 0. The van der Waals surface area contributed by atoms with Crippen LogP contribution < -0.4 is 9.64 Å². The summed E-state index contributed by atoms with van der Waals surface area (Å²) in [5.74, 6) is 0.803. The first-order chi connectivity index (χ1) is 11.2. The number of hydrogen-bond donors (Lipinski definition) is 0. The monoisotopic (exact) mass is 306 g/mol. The van der Waals surface area contributed by atoms with Gasteiger partial charge in [-0.1, -0.05) is 18.2 Å². The van der Waals surface area contributed by atoms with Gasteiger partial charge in [0.1, 0.15) is 5.75 Å². The van der Waals surface area contributed by atoms with Crippen molar-refractivity contribution in [2.45, 2.75) is 26.3 Å². The molecule has 0 aliphatic carbocycles. The lowest BCUT2D eigenvalue weighted by atomic mass is 10.1. The number of para-hydroxylation sites is 1. The Labute approximate surface area is 135 Å². The van der Waals surface area contributed by atoms with Crippen LogP contribution in [0, 0.1) is 6.92 Å². The quantitative estimate of drug-likeness (QED) is 0.849. The van der Waals surface area contributed by atoms with E-state index in [0.29, 0.717) is 17.9 Å². The summed E-state index contributed by atoms with van der Waals surface area (Å²) in [5, 5.41) is 0. The molecule has 0 saturated carbocycles. The Hall–Kier alpha value is -2.62. The number of rotatable bonds is 2. The summed E-state index contributed by atoms with van der Waals surface area (Å²) in [6.07, 6.45) is 2.70.